The molecule has 0 amide bonds. The predicted octanol–water partition coefficient (Wildman–Crippen LogP) is 0.997. The Bertz CT molecular complexity index is 539. The molecule has 2 N–H and O–H groups in total. The minimum Gasteiger partial charge on any atom is -0.326 e. The number of rotatable bonds is 2. The van der Waals surface area contributed by atoms with Crippen molar-refractivity contribution >= 4 is 5.65 Å². The monoisotopic (exact) mass is 245 g/mol. The second kappa shape index (κ2) is 4.66. The van der Waals surface area contributed by atoms with Crippen LogP contribution in [0, 0.1) is 0 Å². The number of nitrogens with zero attached hydrogens (tertiary/aromatic N) is 4. The molecule has 1 aliphatic rings. The van der Waals surface area contributed by atoms with Crippen LogP contribution >= 0.6 is 0 Å². The molecule has 2 aromatic heterocycles. The number of nitrogens with two attached hydrogens (primary N) is 1. The zero-order valence-electron chi connectivity index (χ0n) is 10.7. The van der Waals surface area contributed by atoms with E-state index in [9.17, 15) is 0 Å². The molecule has 0 aromatic carbocycles. The standard InChI is InChI=1S/C13H19N5/c1-17-7-4-10(5-8-17)12-15-13-11(9-14)3-2-6-18(13)16-12/h2-3,6,10H,4-5,7-9,14H2,1H3. The summed E-state index contributed by atoms with van der Waals surface area (Å²) in [6.07, 6.45) is 4.23. The highest BCUT2D eigenvalue weighted by Gasteiger charge is 2.22. The lowest BCUT2D eigenvalue weighted by Crippen LogP contribution is -2.29. The molecule has 5 heteroatoms. The largest absolute Gasteiger partial charge is 0.326 e. The van der Waals surface area contributed by atoms with E-state index in [-0.39, 0.29) is 0 Å². The van der Waals surface area contributed by atoms with Gasteiger partial charge in [-0.2, -0.15) is 5.10 Å². The third-order valence-corrected chi connectivity index (χ3v) is 3.76. The number of likely N-dealkylation sites (tertiary alicyclic amines) is 1. The minimum absolute atomic E-state index is 0.492. The summed E-state index contributed by atoms with van der Waals surface area (Å²) in [7, 11) is 2.17. The van der Waals surface area contributed by atoms with E-state index in [1.54, 1.807) is 0 Å². The van der Waals surface area contributed by atoms with E-state index >= 15 is 0 Å². The van der Waals surface area contributed by atoms with Gasteiger partial charge in [0.05, 0.1) is 0 Å². The fourth-order valence-corrected chi connectivity index (χ4v) is 2.58. The summed E-state index contributed by atoms with van der Waals surface area (Å²) in [6, 6.07) is 3.99. The van der Waals surface area contributed by atoms with Crippen molar-refractivity contribution in [2.75, 3.05) is 20.1 Å². The normalized spacial score (nSPS) is 18.6. The summed E-state index contributed by atoms with van der Waals surface area (Å²) in [4.78, 5) is 7.04. The van der Waals surface area contributed by atoms with Crippen LogP contribution in [0.5, 0.6) is 0 Å². The fraction of sp³-hybridized carbons (Fsp3) is 0.538. The minimum atomic E-state index is 0.492. The Kier molecular flexibility index (Phi) is 3.01. The maximum atomic E-state index is 5.73. The third kappa shape index (κ3) is 2.00. The van der Waals surface area contributed by atoms with E-state index in [1.165, 1.54) is 0 Å². The quantitative estimate of drug-likeness (QED) is 0.857. The number of hydrogen-bond donors (Lipinski definition) is 1. The van der Waals surface area contributed by atoms with Gasteiger partial charge in [0, 0.05) is 24.2 Å². The molecule has 3 heterocycles. The van der Waals surface area contributed by atoms with Crippen LogP contribution in [-0.2, 0) is 6.54 Å². The van der Waals surface area contributed by atoms with Crippen molar-refractivity contribution < 1.29 is 0 Å². The molecule has 18 heavy (non-hydrogen) atoms. The van der Waals surface area contributed by atoms with Crippen LogP contribution in [0.15, 0.2) is 18.3 Å². The van der Waals surface area contributed by atoms with Crippen LogP contribution < -0.4 is 5.73 Å². The first-order chi connectivity index (χ1) is 8.78. The molecular formula is C13H19N5. The molecule has 1 saturated heterocycles. The summed E-state index contributed by atoms with van der Waals surface area (Å²) >= 11 is 0. The molecule has 1 fully saturated rings. The van der Waals surface area contributed by atoms with Crippen LogP contribution in [-0.4, -0.2) is 39.6 Å². The van der Waals surface area contributed by atoms with Crippen LogP contribution in [0.3, 0.4) is 0 Å². The summed E-state index contributed by atoms with van der Waals surface area (Å²) in [6.45, 7) is 2.77. The summed E-state index contributed by atoms with van der Waals surface area (Å²) in [5, 5.41) is 4.60. The van der Waals surface area contributed by atoms with Crippen molar-refractivity contribution in [1.82, 2.24) is 19.5 Å². The Labute approximate surface area is 107 Å². The van der Waals surface area contributed by atoms with Gasteiger partial charge in [-0.1, -0.05) is 6.07 Å². The second-order valence-electron chi connectivity index (χ2n) is 5.05. The lowest BCUT2D eigenvalue weighted by Gasteiger charge is -2.26. The molecule has 0 radical (unpaired) electrons. The van der Waals surface area contributed by atoms with Crippen LogP contribution in [0.25, 0.3) is 5.65 Å². The Morgan fingerprint density at radius 3 is 2.89 bits per heavy atom. The average molecular weight is 245 g/mol. The maximum Gasteiger partial charge on any atom is 0.160 e. The third-order valence-electron chi connectivity index (χ3n) is 3.76. The van der Waals surface area contributed by atoms with Gasteiger partial charge in [0.25, 0.3) is 0 Å². The van der Waals surface area contributed by atoms with Gasteiger partial charge in [-0.3, -0.25) is 0 Å². The Morgan fingerprint density at radius 1 is 1.39 bits per heavy atom. The van der Waals surface area contributed by atoms with E-state index in [0.717, 1.165) is 43.0 Å². The van der Waals surface area contributed by atoms with E-state index in [0.29, 0.717) is 12.5 Å². The Morgan fingerprint density at radius 2 is 2.17 bits per heavy atom. The number of fused-ring (bicyclic) bond motifs is 1. The van der Waals surface area contributed by atoms with E-state index in [1.807, 2.05) is 22.8 Å². The van der Waals surface area contributed by atoms with Crippen LogP contribution in [0.2, 0.25) is 0 Å². The van der Waals surface area contributed by atoms with Crippen molar-refractivity contribution in [2.24, 2.45) is 5.73 Å². The van der Waals surface area contributed by atoms with Gasteiger partial charge in [-0.15, -0.1) is 0 Å². The Hall–Kier alpha value is -1.46. The highest BCUT2D eigenvalue weighted by Crippen LogP contribution is 2.25. The topological polar surface area (TPSA) is 59.5 Å². The first-order valence-corrected chi connectivity index (χ1v) is 6.50. The SMILES string of the molecule is CN1CCC(c2nc3c(CN)cccn3n2)CC1. The average Bonchev–Trinajstić information content (AvgIpc) is 2.83. The molecule has 96 valence electrons. The van der Waals surface area contributed by atoms with Crippen molar-refractivity contribution in [3.05, 3.63) is 29.7 Å². The second-order valence-corrected chi connectivity index (χ2v) is 5.05. The first-order valence-electron chi connectivity index (χ1n) is 6.50. The molecule has 0 aliphatic carbocycles. The van der Waals surface area contributed by atoms with Crippen LogP contribution in [0.1, 0.15) is 30.1 Å². The molecule has 1 aliphatic heterocycles. The van der Waals surface area contributed by atoms with Gasteiger partial charge >= 0.3 is 0 Å². The van der Waals surface area contributed by atoms with Crippen molar-refractivity contribution in [1.29, 1.82) is 0 Å². The molecule has 2 aromatic rings. The van der Waals surface area contributed by atoms with Gasteiger partial charge in [-0.25, -0.2) is 9.50 Å². The fourth-order valence-electron chi connectivity index (χ4n) is 2.58. The number of pyridine rings is 1. The van der Waals surface area contributed by atoms with E-state index in [4.69, 9.17) is 5.73 Å². The zero-order valence-corrected chi connectivity index (χ0v) is 10.7. The molecule has 0 unspecified atom stereocenters. The predicted molar refractivity (Wildman–Crippen MR) is 70.4 cm³/mol. The summed E-state index contributed by atoms with van der Waals surface area (Å²) in [5.41, 5.74) is 7.70. The van der Waals surface area contributed by atoms with Gasteiger partial charge in [0.1, 0.15) is 0 Å². The first kappa shape index (κ1) is 11.6. The molecule has 0 saturated carbocycles. The molecule has 3 rings (SSSR count). The Balaban J connectivity index is 1.93. The highest BCUT2D eigenvalue weighted by molar-refractivity contribution is 5.47. The number of aromatic nitrogens is 3. The smallest absolute Gasteiger partial charge is 0.160 e. The van der Waals surface area contributed by atoms with Crippen LogP contribution in [0.4, 0.5) is 0 Å². The summed E-state index contributed by atoms with van der Waals surface area (Å²) < 4.78 is 1.86. The zero-order chi connectivity index (χ0) is 12.5. The summed E-state index contributed by atoms with van der Waals surface area (Å²) in [5.74, 6) is 1.47. The van der Waals surface area contributed by atoms with Crippen molar-refractivity contribution in [3.63, 3.8) is 0 Å². The number of piperidine rings is 1. The number of hydrogen-bond acceptors (Lipinski definition) is 4. The van der Waals surface area contributed by atoms with Gasteiger partial charge < -0.3 is 10.6 Å². The van der Waals surface area contributed by atoms with E-state index in [2.05, 4.69) is 22.0 Å². The molecular weight excluding hydrogens is 226 g/mol. The lowest BCUT2D eigenvalue weighted by molar-refractivity contribution is 0.251. The van der Waals surface area contributed by atoms with E-state index < -0.39 is 0 Å². The van der Waals surface area contributed by atoms with Gasteiger partial charge in [0.15, 0.2) is 11.5 Å². The highest BCUT2D eigenvalue weighted by atomic mass is 15.3. The van der Waals surface area contributed by atoms with Crippen molar-refractivity contribution in [2.45, 2.75) is 25.3 Å². The maximum absolute atomic E-state index is 5.73. The van der Waals surface area contributed by atoms with Gasteiger partial charge in [0.2, 0.25) is 0 Å². The van der Waals surface area contributed by atoms with Crippen molar-refractivity contribution in [3.8, 4) is 0 Å². The lowest BCUT2D eigenvalue weighted by atomic mass is 9.97. The van der Waals surface area contributed by atoms with Gasteiger partial charge in [-0.05, 0) is 39.0 Å². The molecule has 0 bridgehead atoms. The molecule has 0 atom stereocenters. The molecule has 0 spiro atoms. The molecule has 5 nitrogen and oxygen atoms in total.